The number of hydrogen-bond donors (Lipinski definition) is 1. The van der Waals surface area contributed by atoms with Gasteiger partial charge >= 0.3 is 0 Å². The average Bonchev–Trinajstić information content (AvgIpc) is 3.23. The van der Waals surface area contributed by atoms with Crippen LogP contribution in [0.2, 0.25) is 0 Å². The third-order valence-electron chi connectivity index (χ3n) is 5.42. The molecule has 1 fully saturated rings. The van der Waals surface area contributed by atoms with Crippen molar-refractivity contribution in [1.82, 2.24) is 4.31 Å². The maximum atomic E-state index is 14.6. The lowest BCUT2D eigenvalue weighted by atomic mass is 10.0. The molecule has 1 heterocycles. The number of benzene rings is 2. The zero-order chi connectivity index (χ0) is 25.3. The molecule has 12 heteroatoms. The molecule has 2 aromatic rings. The van der Waals surface area contributed by atoms with Gasteiger partial charge in [-0.3, -0.25) is 8.98 Å². The molecule has 0 spiro atoms. The number of aryl methyl sites for hydroxylation is 1. The summed E-state index contributed by atoms with van der Waals surface area (Å²) >= 11 is 0. The molecule has 1 amide bonds. The second-order valence-electron chi connectivity index (χ2n) is 8.28. The summed E-state index contributed by atoms with van der Waals surface area (Å²) in [6.45, 7) is 3.33. The number of sulfonamides is 1. The van der Waals surface area contributed by atoms with Crippen molar-refractivity contribution in [2.24, 2.45) is 0 Å². The first-order chi connectivity index (χ1) is 15.8. The van der Waals surface area contributed by atoms with E-state index in [2.05, 4.69) is 5.32 Å². The Bertz CT molecular complexity index is 1280. The van der Waals surface area contributed by atoms with E-state index >= 15 is 0 Å². The van der Waals surface area contributed by atoms with E-state index in [0.717, 1.165) is 28.3 Å². The number of nitrogens with zero attached hydrogens (tertiary/aromatic N) is 1. The molecular formula is C22H26F2N2O6S2. The van der Waals surface area contributed by atoms with E-state index in [1.165, 1.54) is 19.1 Å². The summed E-state index contributed by atoms with van der Waals surface area (Å²) in [5.41, 5.74) is 0.512. The normalized spacial score (nSPS) is 18.1. The molecule has 1 aliphatic heterocycles. The summed E-state index contributed by atoms with van der Waals surface area (Å²) < 4.78 is 83.3. The Morgan fingerprint density at radius 2 is 1.79 bits per heavy atom. The highest BCUT2D eigenvalue weighted by Gasteiger charge is 2.39. The van der Waals surface area contributed by atoms with Crippen LogP contribution in [0.25, 0.3) is 0 Å². The number of carbonyl (C=O) groups excluding carboxylic acids is 1. The second kappa shape index (κ2) is 10.1. The standard InChI is InChI=1S/C22H26F2N2O6S2/c1-14-6-8-16(9-7-14)34(30,31)26-12-4-5-20(26)22(27)25-19-11-10-18(23)21(24)17(19)13-15(2)32-33(3,28)29/h6-11,15,20H,4-5,12-13H2,1-3H3,(H,25,27)/t15-,20+/m0/s1. The monoisotopic (exact) mass is 516 g/mol. The first-order valence-corrected chi connectivity index (χ1v) is 13.8. The number of carbonyl (C=O) groups is 1. The van der Waals surface area contributed by atoms with Crippen LogP contribution in [0.3, 0.4) is 0 Å². The van der Waals surface area contributed by atoms with Crippen LogP contribution in [-0.2, 0) is 35.5 Å². The predicted octanol–water partition coefficient (Wildman–Crippen LogP) is 2.97. The van der Waals surface area contributed by atoms with E-state index in [1.54, 1.807) is 12.1 Å². The molecule has 0 bridgehead atoms. The molecular weight excluding hydrogens is 490 g/mol. The summed E-state index contributed by atoms with van der Waals surface area (Å²) in [5, 5.41) is 2.49. The average molecular weight is 517 g/mol. The van der Waals surface area contributed by atoms with E-state index in [1.807, 2.05) is 6.92 Å². The molecule has 2 aromatic carbocycles. The van der Waals surface area contributed by atoms with Gasteiger partial charge in [0, 0.05) is 24.2 Å². The van der Waals surface area contributed by atoms with Crippen LogP contribution in [0.5, 0.6) is 0 Å². The van der Waals surface area contributed by atoms with Gasteiger partial charge in [0.2, 0.25) is 15.9 Å². The summed E-state index contributed by atoms with van der Waals surface area (Å²) in [4.78, 5) is 13.1. The minimum absolute atomic E-state index is 0.0538. The molecule has 0 unspecified atom stereocenters. The Morgan fingerprint density at radius 3 is 2.41 bits per heavy atom. The second-order valence-corrected chi connectivity index (χ2v) is 11.8. The smallest absolute Gasteiger partial charge is 0.264 e. The Labute approximate surface area is 198 Å². The van der Waals surface area contributed by atoms with Crippen LogP contribution in [0, 0.1) is 18.6 Å². The topological polar surface area (TPSA) is 110 Å². The van der Waals surface area contributed by atoms with Crippen molar-refractivity contribution in [3.05, 3.63) is 59.2 Å². The molecule has 186 valence electrons. The summed E-state index contributed by atoms with van der Waals surface area (Å²) in [7, 11) is -7.80. The van der Waals surface area contributed by atoms with E-state index < -0.39 is 49.8 Å². The van der Waals surface area contributed by atoms with Gasteiger partial charge < -0.3 is 5.32 Å². The molecule has 34 heavy (non-hydrogen) atoms. The molecule has 3 rings (SSSR count). The van der Waals surface area contributed by atoms with Gasteiger partial charge in [0.15, 0.2) is 11.6 Å². The fourth-order valence-electron chi connectivity index (χ4n) is 3.88. The van der Waals surface area contributed by atoms with E-state index in [4.69, 9.17) is 4.18 Å². The molecule has 0 saturated carbocycles. The number of nitrogens with one attached hydrogen (secondary N) is 1. The minimum atomic E-state index is -3.95. The Balaban J connectivity index is 1.86. The molecule has 1 aliphatic rings. The predicted molar refractivity (Wildman–Crippen MR) is 122 cm³/mol. The van der Waals surface area contributed by atoms with Crippen LogP contribution < -0.4 is 5.32 Å². The lowest BCUT2D eigenvalue weighted by Gasteiger charge is -2.24. The first kappa shape index (κ1) is 26.2. The number of anilines is 1. The lowest BCUT2D eigenvalue weighted by molar-refractivity contribution is -0.119. The van der Waals surface area contributed by atoms with Crippen molar-refractivity contribution in [1.29, 1.82) is 0 Å². The van der Waals surface area contributed by atoms with Crippen LogP contribution in [0.15, 0.2) is 41.3 Å². The fraction of sp³-hybridized carbons (Fsp3) is 0.409. The van der Waals surface area contributed by atoms with Gasteiger partial charge in [-0.25, -0.2) is 17.2 Å². The van der Waals surface area contributed by atoms with E-state index in [-0.39, 0.29) is 35.5 Å². The van der Waals surface area contributed by atoms with Gasteiger partial charge in [0.25, 0.3) is 10.1 Å². The quantitative estimate of drug-likeness (QED) is 0.541. The zero-order valence-electron chi connectivity index (χ0n) is 18.9. The minimum Gasteiger partial charge on any atom is -0.324 e. The van der Waals surface area contributed by atoms with Crippen LogP contribution in [0.4, 0.5) is 14.5 Å². The highest BCUT2D eigenvalue weighted by Crippen LogP contribution is 2.29. The van der Waals surface area contributed by atoms with Gasteiger partial charge in [-0.2, -0.15) is 12.7 Å². The Morgan fingerprint density at radius 1 is 1.15 bits per heavy atom. The van der Waals surface area contributed by atoms with Crippen molar-refractivity contribution < 1.29 is 34.6 Å². The first-order valence-electron chi connectivity index (χ1n) is 10.5. The lowest BCUT2D eigenvalue weighted by Crippen LogP contribution is -2.43. The van der Waals surface area contributed by atoms with E-state index in [0.29, 0.717) is 6.42 Å². The van der Waals surface area contributed by atoms with Crippen molar-refractivity contribution in [3.8, 4) is 0 Å². The van der Waals surface area contributed by atoms with Crippen molar-refractivity contribution in [2.45, 2.75) is 50.2 Å². The van der Waals surface area contributed by atoms with Crippen molar-refractivity contribution >= 4 is 31.7 Å². The van der Waals surface area contributed by atoms with Crippen molar-refractivity contribution in [2.75, 3.05) is 18.1 Å². The summed E-state index contributed by atoms with van der Waals surface area (Å²) in [6, 6.07) is 7.18. The fourth-order valence-corrected chi connectivity index (χ4v) is 6.20. The molecule has 1 saturated heterocycles. The number of hydrogen-bond acceptors (Lipinski definition) is 6. The molecule has 2 atom stereocenters. The van der Waals surface area contributed by atoms with Crippen LogP contribution >= 0.6 is 0 Å². The third kappa shape index (κ3) is 5.98. The molecule has 0 aliphatic carbocycles. The largest absolute Gasteiger partial charge is 0.324 e. The molecule has 1 N–H and O–H groups in total. The van der Waals surface area contributed by atoms with Crippen molar-refractivity contribution in [3.63, 3.8) is 0 Å². The number of amides is 1. The SMILES string of the molecule is Cc1ccc(S(=O)(=O)N2CCC[C@@H]2C(=O)Nc2ccc(F)c(F)c2C[C@H](C)OS(C)(=O)=O)cc1. The Kier molecular flexibility index (Phi) is 7.75. The van der Waals surface area contributed by atoms with E-state index in [9.17, 15) is 30.4 Å². The maximum Gasteiger partial charge on any atom is 0.264 e. The highest BCUT2D eigenvalue weighted by molar-refractivity contribution is 7.89. The molecule has 0 aromatic heterocycles. The van der Waals surface area contributed by atoms with Crippen LogP contribution in [-0.4, -0.2) is 52.0 Å². The molecule has 8 nitrogen and oxygen atoms in total. The van der Waals surface area contributed by atoms with Gasteiger partial charge in [-0.15, -0.1) is 0 Å². The van der Waals surface area contributed by atoms with Gasteiger partial charge in [0.1, 0.15) is 6.04 Å². The van der Waals surface area contributed by atoms with Crippen LogP contribution in [0.1, 0.15) is 30.9 Å². The number of rotatable bonds is 8. The van der Waals surface area contributed by atoms with Gasteiger partial charge in [-0.05, 0) is 51.0 Å². The maximum absolute atomic E-state index is 14.6. The van der Waals surface area contributed by atoms with Gasteiger partial charge in [0.05, 0.1) is 17.3 Å². The highest BCUT2D eigenvalue weighted by atomic mass is 32.2. The number of halogens is 2. The third-order valence-corrected chi connectivity index (χ3v) is 8.02. The van der Waals surface area contributed by atoms with Gasteiger partial charge in [-0.1, -0.05) is 17.7 Å². The zero-order valence-corrected chi connectivity index (χ0v) is 20.5. The summed E-state index contributed by atoms with van der Waals surface area (Å²) in [5.74, 6) is -3.13. The Hall–Kier alpha value is -2.41. The summed E-state index contributed by atoms with van der Waals surface area (Å²) in [6.07, 6.45) is 0.155. The molecule has 0 radical (unpaired) electrons.